The second kappa shape index (κ2) is 4.08. The van der Waals surface area contributed by atoms with E-state index >= 15 is 0 Å². The van der Waals surface area contributed by atoms with Gasteiger partial charge in [0, 0.05) is 25.6 Å². The number of urea groups is 1. The lowest BCUT2D eigenvalue weighted by Crippen LogP contribution is -2.51. The molecule has 2 aliphatic rings. The van der Waals surface area contributed by atoms with Crippen LogP contribution in [0.4, 0.5) is 4.79 Å². The zero-order chi connectivity index (χ0) is 10.8. The van der Waals surface area contributed by atoms with Crippen molar-refractivity contribution in [2.75, 3.05) is 13.1 Å². The molecule has 2 rings (SSSR count). The van der Waals surface area contributed by atoms with E-state index in [2.05, 4.69) is 5.32 Å². The van der Waals surface area contributed by atoms with E-state index in [1.807, 2.05) is 4.90 Å². The number of hydrogen-bond acceptors (Lipinski definition) is 2. The zero-order valence-corrected chi connectivity index (χ0v) is 8.61. The normalized spacial score (nSPS) is 26.3. The molecule has 2 fully saturated rings. The highest BCUT2D eigenvalue weighted by atomic mass is 16.4. The number of aliphatic carboxylic acids is 1. The Morgan fingerprint density at radius 2 is 2.27 bits per heavy atom. The maximum absolute atomic E-state index is 11.5. The quantitative estimate of drug-likeness (QED) is 0.719. The van der Waals surface area contributed by atoms with E-state index < -0.39 is 5.97 Å². The topological polar surface area (TPSA) is 69.6 Å². The van der Waals surface area contributed by atoms with Crippen molar-refractivity contribution in [3.63, 3.8) is 0 Å². The number of nitrogens with zero attached hydrogens (tertiary/aromatic N) is 1. The number of amides is 2. The second-order valence-corrected chi connectivity index (χ2v) is 4.37. The number of rotatable bonds is 4. The molecule has 1 unspecified atom stereocenters. The first-order chi connectivity index (χ1) is 7.16. The van der Waals surface area contributed by atoms with Gasteiger partial charge in [-0.1, -0.05) is 0 Å². The second-order valence-electron chi connectivity index (χ2n) is 4.37. The van der Waals surface area contributed by atoms with Crippen LogP contribution in [0.1, 0.15) is 25.7 Å². The van der Waals surface area contributed by atoms with Crippen LogP contribution in [-0.2, 0) is 4.79 Å². The molecule has 2 amide bonds. The molecule has 15 heavy (non-hydrogen) atoms. The first-order valence-corrected chi connectivity index (χ1v) is 5.43. The minimum atomic E-state index is -0.759. The predicted octanol–water partition coefficient (Wildman–Crippen LogP) is 0.655. The van der Waals surface area contributed by atoms with Gasteiger partial charge in [-0.2, -0.15) is 0 Å². The Balaban J connectivity index is 1.82. The van der Waals surface area contributed by atoms with Gasteiger partial charge in [0.15, 0.2) is 0 Å². The number of carbonyl (C=O) groups is 2. The van der Waals surface area contributed by atoms with E-state index in [1.165, 1.54) is 0 Å². The largest absolute Gasteiger partial charge is 0.481 e. The number of carboxylic acids is 1. The Morgan fingerprint density at radius 3 is 2.87 bits per heavy atom. The number of carbonyl (C=O) groups excluding carboxylic acids is 1. The highest BCUT2D eigenvalue weighted by Crippen LogP contribution is 2.29. The summed E-state index contributed by atoms with van der Waals surface area (Å²) in [5, 5.41) is 11.4. The third-order valence-electron chi connectivity index (χ3n) is 3.01. The Labute approximate surface area is 88.4 Å². The Kier molecular flexibility index (Phi) is 2.79. The zero-order valence-electron chi connectivity index (χ0n) is 8.61. The SMILES string of the molecule is O=C(O)CCC1CNC(=O)N(C2CC2)C1. The molecule has 0 aromatic rings. The van der Waals surface area contributed by atoms with Crippen LogP contribution in [0.2, 0.25) is 0 Å². The van der Waals surface area contributed by atoms with Crippen LogP contribution in [0.5, 0.6) is 0 Å². The molecule has 1 aliphatic carbocycles. The molecular weight excluding hydrogens is 196 g/mol. The van der Waals surface area contributed by atoms with E-state index in [4.69, 9.17) is 5.11 Å². The fraction of sp³-hybridized carbons (Fsp3) is 0.800. The van der Waals surface area contributed by atoms with Crippen LogP contribution in [-0.4, -0.2) is 41.1 Å². The van der Waals surface area contributed by atoms with Gasteiger partial charge in [0.2, 0.25) is 0 Å². The predicted molar refractivity (Wildman–Crippen MR) is 53.5 cm³/mol. The summed E-state index contributed by atoms with van der Waals surface area (Å²) in [6.07, 6.45) is 3.04. The van der Waals surface area contributed by atoms with Gasteiger partial charge in [-0.25, -0.2) is 4.79 Å². The van der Waals surface area contributed by atoms with E-state index in [-0.39, 0.29) is 12.5 Å². The van der Waals surface area contributed by atoms with Gasteiger partial charge in [-0.3, -0.25) is 4.79 Å². The van der Waals surface area contributed by atoms with E-state index in [0.717, 1.165) is 19.4 Å². The summed E-state index contributed by atoms with van der Waals surface area (Å²) in [5.74, 6) is -0.468. The van der Waals surface area contributed by atoms with Gasteiger partial charge in [-0.15, -0.1) is 0 Å². The van der Waals surface area contributed by atoms with Gasteiger partial charge in [-0.05, 0) is 25.2 Å². The summed E-state index contributed by atoms with van der Waals surface area (Å²) in [5.41, 5.74) is 0. The van der Waals surface area contributed by atoms with Crippen molar-refractivity contribution in [1.82, 2.24) is 10.2 Å². The summed E-state index contributed by atoms with van der Waals surface area (Å²) < 4.78 is 0. The summed E-state index contributed by atoms with van der Waals surface area (Å²) in [4.78, 5) is 23.7. The first kappa shape index (κ1) is 10.3. The van der Waals surface area contributed by atoms with Crippen molar-refractivity contribution in [2.24, 2.45) is 5.92 Å². The minimum absolute atomic E-state index is 0.0177. The van der Waals surface area contributed by atoms with Crippen molar-refractivity contribution in [1.29, 1.82) is 0 Å². The molecule has 84 valence electrons. The summed E-state index contributed by atoms with van der Waals surface area (Å²) >= 11 is 0. The molecule has 1 heterocycles. The van der Waals surface area contributed by atoms with Crippen molar-refractivity contribution >= 4 is 12.0 Å². The molecule has 1 atom stereocenters. The van der Waals surface area contributed by atoms with E-state index in [0.29, 0.717) is 24.9 Å². The standard InChI is InChI=1S/C10H16N2O3/c13-9(14)4-1-7-5-11-10(15)12(6-7)8-2-3-8/h7-8H,1-6H2,(H,11,15)(H,13,14). The maximum atomic E-state index is 11.5. The molecule has 5 heteroatoms. The molecule has 0 aromatic carbocycles. The summed E-state index contributed by atoms with van der Waals surface area (Å²) in [6, 6.07) is 0.432. The molecule has 0 bridgehead atoms. The lowest BCUT2D eigenvalue weighted by molar-refractivity contribution is -0.137. The molecule has 1 saturated heterocycles. The average Bonchev–Trinajstić information content (AvgIpc) is 3.00. The molecule has 0 radical (unpaired) electrons. The van der Waals surface area contributed by atoms with Crippen molar-refractivity contribution in [3.8, 4) is 0 Å². The van der Waals surface area contributed by atoms with Gasteiger partial charge in [0.25, 0.3) is 0 Å². The third kappa shape index (κ3) is 2.61. The maximum Gasteiger partial charge on any atom is 0.317 e. The van der Waals surface area contributed by atoms with E-state index in [9.17, 15) is 9.59 Å². The van der Waals surface area contributed by atoms with Gasteiger partial charge in [0.1, 0.15) is 0 Å². The van der Waals surface area contributed by atoms with Crippen LogP contribution < -0.4 is 5.32 Å². The third-order valence-corrected chi connectivity index (χ3v) is 3.01. The Hall–Kier alpha value is -1.26. The van der Waals surface area contributed by atoms with Crippen LogP contribution in [0, 0.1) is 5.92 Å². The highest BCUT2D eigenvalue weighted by Gasteiger charge is 2.36. The lowest BCUT2D eigenvalue weighted by Gasteiger charge is -2.33. The van der Waals surface area contributed by atoms with Crippen LogP contribution in [0.15, 0.2) is 0 Å². The van der Waals surface area contributed by atoms with Crippen LogP contribution >= 0.6 is 0 Å². The first-order valence-electron chi connectivity index (χ1n) is 5.43. The van der Waals surface area contributed by atoms with Crippen molar-refractivity contribution in [2.45, 2.75) is 31.7 Å². The summed E-state index contributed by atoms with van der Waals surface area (Å²) in [7, 11) is 0. The molecule has 1 aliphatic heterocycles. The smallest absolute Gasteiger partial charge is 0.317 e. The van der Waals surface area contributed by atoms with Crippen molar-refractivity contribution in [3.05, 3.63) is 0 Å². The average molecular weight is 212 g/mol. The van der Waals surface area contributed by atoms with Gasteiger partial charge >= 0.3 is 12.0 Å². The lowest BCUT2D eigenvalue weighted by atomic mass is 10.0. The fourth-order valence-electron chi connectivity index (χ4n) is 1.98. The fourth-order valence-corrected chi connectivity index (χ4v) is 1.98. The summed E-state index contributed by atoms with van der Waals surface area (Å²) in [6.45, 7) is 1.35. The molecule has 0 spiro atoms. The molecule has 2 N–H and O–H groups in total. The van der Waals surface area contributed by atoms with E-state index in [1.54, 1.807) is 0 Å². The molecule has 1 saturated carbocycles. The molecule has 0 aromatic heterocycles. The van der Waals surface area contributed by atoms with Crippen LogP contribution in [0.3, 0.4) is 0 Å². The minimum Gasteiger partial charge on any atom is -0.481 e. The Bertz CT molecular complexity index is 276. The molecular formula is C10H16N2O3. The highest BCUT2D eigenvalue weighted by molar-refractivity contribution is 5.75. The number of hydrogen-bond donors (Lipinski definition) is 2. The Morgan fingerprint density at radius 1 is 1.53 bits per heavy atom. The monoisotopic (exact) mass is 212 g/mol. The van der Waals surface area contributed by atoms with Crippen LogP contribution in [0.25, 0.3) is 0 Å². The number of carboxylic acid groups (broad SMARTS) is 1. The van der Waals surface area contributed by atoms with Gasteiger partial charge in [0.05, 0.1) is 0 Å². The van der Waals surface area contributed by atoms with Gasteiger partial charge < -0.3 is 15.3 Å². The molecule has 5 nitrogen and oxygen atoms in total. The van der Waals surface area contributed by atoms with Crippen molar-refractivity contribution < 1.29 is 14.7 Å². The number of nitrogens with one attached hydrogen (secondary N) is 1.